The average Bonchev–Trinajstić information content (AvgIpc) is 2.98. The number of nitrogens with zero attached hydrogens (tertiary/aromatic N) is 1. The molecule has 0 N–H and O–H groups in total. The molecule has 0 unspecified atom stereocenters. The van der Waals surface area contributed by atoms with Crippen molar-refractivity contribution < 1.29 is 4.79 Å². The molecule has 0 aliphatic heterocycles. The maximum atomic E-state index is 13.6. The summed E-state index contributed by atoms with van der Waals surface area (Å²) in [7, 11) is 4.13. The van der Waals surface area contributed by atoms with Crippen molar-refractivity contribution in [2.45, 2.75) is 71.6 Å². The molecule has 0 amide bonds. The van der Waals surface area contributed by atoms with Gasteiger partial charge in [0.15, 0.2) is 5.78 Å². The van der Waals surface area contributed by atoms with Crippen LogP contribution in [0.2, 0.25) is 0 Å². The number of hydrogen-bond acceptors (Lipinski definition) is 2. The summed E-state index contributed by atoms with van der Waals surface area (Å²) >= 11 is 0. The van der Waals surface area contributed by atoms with Crippen LogP contribution in [0.5, 0.6) is 0 Å². The minimum Gasteiger partial charge on any atom is -0.378 e. The number of benzene rings is 1. The first-order valence-corrected chi connectivity index (χ1v) is 12.4. The van der Waals surface area contributed by atoms with Crippen LogP contribution in [0, 0.1) is 34.5 Å². The Kier molecular flexibility index (Phi) is 4.91. The van der Waals surface area contributed by atoms with Crippen LogP contribution in [0.4, 0.5) is 5.69 Å². The summed E-state index contributed by atoms with van der Waals surface area (Å²) in [4.78, 5) is 15.7. The third-order valence-electron chi connectivity index (χ3n) is 9.97. The Balaban J connectivity index is 1.42. The molecule has 0 aromatic heterocycles. The Labute approximate surface area is 183 Å². The summed E-state index contributed by atoms with van der Waals surface area (Å²) < 4.78 is 0. The molecule has 162 valence electrons. The summed E-state index contributed by atoms with van der Waals surface area (Å²) in [6, 6.07) is 8.64. The Bertz CT molecular complexity index is 852. The molecule has 1 aromatic carbocycles. The zero-order chi connectivity index (χ0) is 21.1. The van der Waals surface area contributed by atoms with Crippen molar-refractivity contribution in [3.63, 3.8) is 0 Å². The van der Waals surface area contributed by atoms with E-state index in [2.05, 4.69) is 63.2 Å². The number of anilines is 1. The van der Waals surface area contributed by atoms with Crippen LogP contribution in [0.15, 0.2) is 29.8 Å². The third-order valence-corrected chi connectivity index (χ3v) is 9.97. The zero-order valence-corrected chi connectivity index (χ0v) is 19.4. The second kappa shape index (κ2) is 7.24. The van der Waals surface area contributed by atoms with Gasteiger partial charge >= 0.3 is 0 Å². The number of carbonyl (C=O) groups excluding carboxylic acids is 1. The fraction of sp³-hybridized carbons (Fsp3) is 0.679. The van der Waals surface area contributed by atoms with Crippen LogP contribution >= 0.6 is 0 Å². The lowest BCUT2D eigenvalue weighted by Gasteiger charge is -2.59. The molecule has 0 saturated heterocycles. The van der Waals surface area contributed by atoms with Crippen molar-refractivity contribution in [1.29, 1.82) is 0 Å². The number of ketones is 1. The number of hydrogen-bond donors (Lipinski definition) is 0. The van der Waals surface area contributed by atoms with E-state index in [0.29, 0.717) is 17.1 Å². The fourth-order valence-corrected chi connectivity index (χ4v) is 8.16. The molecule has 0 radical (unpaired) electrons. The predicted octanol–water partition coefficient (Wildman–Crippen LogP) is 6.75. The highest BCUT2D eigenvalue weighted by Gasteiger charge is 2.60. The van der Waals surface area contributed by atoms with Gasteiger partial charge in [0.2, 0.25) is 0 Å². The van der Waals surface area contributed by atoms with Crippen molar-refractivity contribution in [3.8, 4) is 0 Å². The molecule has 0 heterocycles. The first-order valence-electron chi connectivity index (χ1n) is 12.4. The molecular weight excluding hydrogens is 366 g/mol. The monoisotopic (exact) mass is 405 g/mol. The van der Waals surface area contributed by atoms with Crippen molar-refractivity contribution in [3.05, 3.63) is 35.4 Å². The lowest BCUT2D eigenvalue weighted by Crippen LogP contribution is -2.52. The Morgan fingerprint density at radius 3 is 2.43 bits per heavy atom. The van der Waals surface area contributed by atoms with Gasteiger partial charge in [-0.25, -0.2) is 0 Å². The molecule has 2 nitrogen and oxygen atoms in total. The van der Waals surface area contributed by atoms with E-state index < -0.39 is 0 Å². The van der Waals surface area contributed by atoms with Crippen LogP contribution in [0.3, 0.4) is 0 Å². The van der Waals surface area contributed by atoms with Crippen molar-refractivity contribution in [2.75, 3.05) is 19.0 Å². The smallest absolute Gasteiger partial charge is 0.165 e. The van der Waals surface area contributed by atoms with Crippen LogP contribution in [0.1, 0.15) is 77.2 Å². The highest BCUT2D eigenvalue weighted by atomic mass is 16.1. The van der Waals surface area contributed by atoms with Crippen LogP contribution in [-0.2, 0) is 4.79 Å². The standard InChI is InChI=1S/C28H39NO/c1-27-15-6-5-7-21(27)10-13-23-24(27)14-16-28(2)25(23)18-20(26(28)30)17-19-8-11-22(12-9-19)29(3)4/h8-9,11-12,17,21,23-25H,5-7,10,13-16,18H2,1-4H3/b20-17+/t21-,23-,24+,25+,27+,28+/m1/s1. The number of fused-ring (bicyclic) bond motifs is 5. The maximum absolute atomic E-state index is 13.6. The Morgan fingerprint density at radius 2 is 1.70 bits per heavy atom. The first-order chi connectivity index (χ1) is 14.3. The van der Waals surface area contributed by atoms with Crippen LogP contribution < -0.4 is 4.90 Å². The van der Waals surface area contributed by atoms with Gasteiger partial charge in [0.1, 0.15) is 0 Å². The molecule has 30 heavy (non-hydrogen) atoms. The average molecular weight is 406 g/mol. The van der Waals surface area contributed by atoms with E-state index in [9.17, 15) is 4.79 Å². The molecular formula is C28H39NO. The number of carbonyl (C=O) groups is 1. The van der Waals surface area contributed by atoms with Crippen LogP contribution in [-0.4, -0.2) is 19.9 Å². The summed E-state index contributed by atoms with van der Waals surface area (Å²) in [5, 5.41) is 0. The fourth-order valence-electron chi connectivity index (χ4n) is 8.16. The molecule has 2 heteroatoms. The molecule has 4 aliphatic rings. The zero-order valence-electron chi connectivity index (χ0n) is 19.4. The van der Waals surface area contributed by atoms with Gasteiger partial charge in [-0.3, -0.25) is 4.79 Å². The van der Waals surface area contributed by atoms with E-state index in [4.69, 9.17) is 0 Å². The molecule has 0 bridgehead atoms. The number of allylic oxidation sites excluding steroid dienone is 1. The summed E-state index contributed by atoms with van der Waals surface area (Å²) in [6.45, 7) is 4.93. The normalized spacial score (nSPS) is 41.9. The molecule has 4 saturated carbocycles. The minimum atomic E-state index is -0.117. The number of Topliss-reactive ketones (excluding diaryl/α,β-unsaturated/α-hetero) is 1. The molecule has 0 spiro atoms. The lowest BCUT2D eigenvalue weighted by molar-refractivity contribution is -0.137. The molecule has 6 atom stereocenters. The Hall–Kier alpha value is -1.57. The van der Waals surface area contributed by atoms with Gasteiger partial charge in [0, 0.05) is 25.2 Å². The van der Waals surface area contributed by atoms with E-state index >= 15 is 0 Å². The molecule has 4 aliphatic carbocycles. The molecule has 5 rings (SSSR count). The second-order valence-corrected chi connectivity index (χ2v) is 11.5. The van der Waals surface area contributed by atoms with Crippen LogP contribution in [0.25, 0.3) is 6.08 Å². The van der Waals surface area contributed by atoms with Gasteiger partial charge in [0.25, 0.3) is 0 Å². The highest BCUT2D eigenvalue weighted by Crippen LogP contribution is 2.66. The summed E-state index contributed by atoms with van der Waals surface area (Å²) in [6.07, 6.45) is 14.1. The van der Waals surface area contributed by atoms with Gasteiger partial charge in [-0.2, -0.15) is 0 Å². The molecule has 1 aromatic rings. The predicted molar refractivity (Wildman–Crippen MR) is 125 cm³/mol. The van der Waals surface area contributed by atoms with E-state index in [1.807, 2.05) is 0 Å². The SMILES string of the molecule is CN(C)c1ccc(/C=C2\C[C@H]3[C@@H]4CC[C@H]5CCCC[C@]5(C)[C@H]4CC[C@]3(C)C2=O)cc1. The Morgan fingerprint density at radius 1 is 0.933 bits per heavy atom. The quantitative estimate of drug-likeness (QED) is 0.507. The van der Waals surface area contributed by atoms with Gasteiger partial charge in [-0.05, 0) is 103 Å². The van der Waals surface area contributed by atoms with Crippen molar-refractivity contribution in [2.24, 2.45) is 34.5 Å². The van der Waals surface area contributed by atoms with Gasteiger partial charge in [-0.15, -0.1) is 0 Å². The minimum absolute atomic E-state index is 0.117. The largest absolute Gasteiger partial charge is 0.378 e. The van der Waals surface area contributed by atoms with Gasteiger partial charge in [0.05, 0.1) is 0 Å². The van der Waals surface area contributed by atoms with E-state index in [1.165, 1.54) is 56.2 Å². The van der Waals surface area contributed by atoms with Crippen molar-refractivity contribution >= 4 is 17.5 Å². The first kappa shape index (κ1) is 20.3. The molecule has 4 fully saturated rings. The van der Waals surface area contributed by atoms with Gasteiger partial charge in [-0.1, -0.05) is 38.8 Å². The van der Waals surface area contributed by atoms with Gasteiger partial charge < -0.3 is 4.90 Å². The summed E-state index contributed by atoms with van der Waals surface area (Å²) in [5.74, 6) is 3.57. The summed E-state index contributed by atoms with van der Waals surface area (Å²) in [5.41, 5.74) is 3.90. The highest BCUT2D eigenvalue weighted by molar-refractivity contribution is 6.06. The topological polar surface area (TPSA) is 20.3 Å². The second-order valence-electron chi connectivity index (χ2n) is 11.5. The third kappa shape index (κ3) is 3.00. The maximum Gasteiger partial charge on any atom is 0.165 e. The van der Waals surface area contributed by atoms with E-state index in [1.54, 1.807) is 0 Å². The van der Waals surface area contributed by atoms with Crippen molar-refractivity contribution in [1.82, 2.24) is 0 Å². The number of rotatable bonds is 2. The lowest BCUT2D eigenvalue weighted by atomic mass is 9.45. The van der Waals surface area contributed by atoms with E-state index in [0.717, 1.165) is 36.2 Å². The van der Waals surface area contributed by atoms with E-state index in [-0.39, 0.29) is 5.41 Å².